The van der Waals surface area contributed by atoms with Gasteiger partial charge in [-0.2, -0.15) is 0 Å². The van der Waals surface area contributed by atoms with Crippen molar-refractivity contribution in [2.24, 2.45) is 17.6 Å². The Morgan fingerprint density at radius 3 is 1.55 bits per heavy atom. The number of carbonyl (C=O) groups is 1. The summed E-state index contributed by atoms with van der Waals surface area (Å²) in [7, 11) is 3.06. The normalized spacial score (nSPS) is 6.36. The lowest BCUT2D eigenvalue weighted by molar-refractivity contribution is -0.119. The van der Waals surface area contributed by atoms with E-state index in [1.54, 1.807) is 7.05 Å². The van der Waals surface area contributed by atoms with Crippen molar-refractivity contribution in [2.75, 3.05) is 14.2 Å². The quantitative estimate of drug-likeness (QED) is 0.155. The molecule has 0 aliphatic carbocycles. The van der Waals surface area contributed by atoms with E-state index in [1.807, 2.05) is 5.43 Å². The van der Waals surface area contributed by atoms with Crippen molar-refractivity contribution in [3.05, 3.63) is 0 Å². The van der Waals surface area contributed by atoms with E-state index < -0.39 is 0 Å². The van der Waals surface area contributed by atoms with E-state index in [2.05, 4.69) is 27.8 Å². The van der Waals surface area contributed by atoms with Gasteiger partial charge in [0.15, 0.2) is 0 Å². The largest absolute Gasteiger partial charge is 0.308 e. The monoisotopic (exact) mass is 167 g/mol. The summed E-state index contributed by atoms with van der Waals surface area (Å²) in [6, 6.07) is 0. The molecule has 7 nitrogen and oxygen atoms in total. The molecule has 0 saturated carbocycles. The molecule has 11 heavy (non-hydrogen) atoms. The maximum Gasteiger partial charge on any atom is 0.230 e. The molecule has 0 spiro atoms. The van der Waals surface area contributed by atoms with Crippen LogP contribution >= 0.6 is 0 Å². The number of carbonyl (C=O) groups excluding carboxylic acids is 1. The maximum atomic E-state index is 9.58. The molecule has 0 unspecified atom stereocenters. The minimum atomic E-state index is -0.218. The predicted octanol–water partition coefficient (Wildman–Crippen LogP) is -2.42. The van der Waals surface area contributed by atoms with Crippen LogP contribution in [0.15, 0.2) is 0 Å². The lowest BCUT2D eigenvalue weighted by atomic mass is 10.8. The molecular weight excluding hydrogens is 150 g/mol. The van der Waals surface area contributed by atoms with Gasteiger partial charge in [-0.05, 0) is 7.05 Å². The van der Waals surface area contributed by atoms with E-state index in [1.165, 1.54) is 14.0 Å². The van der Waals surface area contributed by atoms with Gasteiger partial charge in [0.1, 0.15) is 0 Å². The fraction of sp³-hybridized carbons (Fsp3) is 0.750. The van der Waals surface area contributed by atoms with Crippen LogP contribution in [0.3, 0.4) is 0 Å². The van der Waals surface area contributed by atoms with E-state index in [4.69, 9.17) is 0 Å². The number of hydrogen-bond donors (Lipinski definition) is 5. The van der Waals surface area contributed by atoms with Crippen LogP contribution in [-0.2, 0) is 9.63 Å². The first-order valence-corrected chi connectivity index (χ1v) is 2.68. The first kappa shape index (κ1) is 16.7. The lowest BCUT2D eigenvalue weighted by Gasteiger charge is -1.80. The van der Waals surface area contributed by atoms with Crippen molar-refractivity contribution < 1.29 is 9.63 Å². The summed E-state index contributed by atoms with van der Waals surface area (Å²) in [4.78, 5) is 13.3. The zero-order valence-corrected chi connectivity index (χ0v) is 7.05. The summed E-state index contributed by atoms with van der Waals surface area (Å²) in [5.74, 6) is 13.3. The zero-order valence-electron chi connectivity index (χ0n) is 7.05. The van der Waals surface area contributed by atoms with Crippen LogP contribution in [0, 0.1) is 0 Å². The van der Waals surface area contributed by atoms with Gasteiger partial charge in [0.05, 0.1) is 7.11 Å². The van der Waals surface area contributed by atoms with Gasteiger partial charge in [-0.15, -0.1) is 0 Å². The van der Waals surface area contributed by atoms with E-state index in [0.29, 0.717) is 0 Å². The van der Waals surface area contributed by atoms with Crippen molar-refractivity contribution in [1.82, 2.24) is 10.9 Å². The number of hydrogen-bond acceptors (Lipinski definition) is 6. The molecule has 0 heterocycles. The molecule has 0 aromatic rings. The molecule has 0 atom stereocenters. The van der Waals surface area contributed by atoms with Crippen molar-refractivity contribution in [1.29, 1.82) is 0 Å². The zero-order chi connectivity index (χ0) is 9.70. The molecular formula is C4H17N5O2. The average Bonchev–Trinajstić information content (AvgIpc) is 1.91. The van der Waals surface area contributed by atoms with Gasteiger partial charge >= 0.3 is 0 Å². The predicted molar refractivity (Wildman–Crippen MR) is 42.4 cm³/mol. The fourth-order valence-corrected chi connectivity index (χ4v) is 0. The number of nitrogens with two attached hydrogens (primary N) is 3. The highest BCUT2D eigenvalue weighted by Crippen LogP contribution is 1.41. The third-order valence-electron chi connectivity index (χ3n) is 0.203. The van der Waals surface area contributed by atoms with Crippen LogP contribution in [0.4, 0.5) is 0 Å². The molecule has 70 valence electrons. The lowest BCUT2D eigenvalue weighted by Crippen LogP contribution is -2.26. The molecule has 0 aromatic carbocycles. The number of hydrazine groups is 2. The van der Waals surface area contributed by atoms with Crippen LogP contribution in [0.25, 0.3) is 0 Å². The van der Waals surface area contributed by atoms with E-state index in [-0.39, 0.29) is 5.91 Å². The van der Waals surface area contributed by atoms with Crippen LogP contribution in [0.2, 0.25) is 0 Å². The second kappa shape index (κ2) is 22.8. The molecule has 7 heteroatoms. The highest BCUT2D eigenvalue weighted by atomic mass is 16.6. The Kier molecular flexibility index (Phi) is 34.7. The Bertz CT molecular complexity index is 67.5. The van der Waals surface area contributed by atoms with Crippen LogP contribution in [0.1, 0.15) is 6.92 Å². The van der Waals surface area contributed by atoms with Crippen molar-refractivity contribution in [3.63, 3.8) is 0 Å². The summed E-state index contributed by atoms with van der Waals surface area (Å²) >= 11 is 0. The van der Waals surface area contributed by atoms with Crippen molar-refractivity contribution in [3.8, 4) is 0 Å². The topological polar surface area (TPSA) is 128 Å². The minimum absolute atomic E-state index is 0.218. The third-order valence-corrected chi connectivity index (χ3v) is 0.203. The molecule has 0 aliphatic rings. The second-order valence-corrected chi connectivity index (χ2v) is 1.22. The summed E-state index contributed by atoms with van der Waals surface area (Å²) in [5, 5.41) is 0. The smallest absolute Gasteiger partial charge is 0.230 e. The number of rotatable bonds is 0. The molecule has 0 saturated heterocycles. The molecule has 0 fully saturated rings. The van der Waals surface area contributed by atoms with Gasteiger partial charge in [-0.3, -0.25) is 21.5 Å². The molecule has 0 bridgehead atoms. The highest BCUT2D eigenvalue weighted by Gasteiger charge is 1.73. The summed E-state index contributed by atoms with van der Waals surface area (Å²) in [5.41, 5.74) is 4.14. The Morgan fingerprint density at radius 1 is 1.45 bits per heavy atom. The molecule has 0 radical (unpaired) electrons. The second-order valence-electron chi connectivity index (χ2n) is 1.22. The Labute approximate surface area is 66.1 Å². The van der Waals surface area contributed by atoms with E-state index >= 15 is 0 Å². The summed E-state index contributed by atoms with van der Waals surface area (Å²) in [6.07, 6.45) is 0. The average molecular weight is 167 g/mol. The Hall–Kier alpha value is -0.730. The summed E-state index contributed by atoms with van der Waals surface area (Å²) < 4.78 is 0. The molecule has 0 aromatic heterocycles. The van der Waals surface area contributed by atoms with Gasteiger partial charge in [0, 0.05) is 6.92 Å². The minimum Gasteiger partial charge on any atom is -0.308 e. The summed E-state index contributed by atoms with van der Waals surface area (Å²) in [6.45, 7) is 1.35. The molecule has 0 rings (SSSR count). The van der Waals surface area contributed by atoms with E-state index in [9.17, 15) is 4.79 Å². The van der Waals surface area contributed by atoms with E-state index in [0.717, 1.165) is 0 Å². The molecule has 8 N–H and O–H groups in total. The number of amides is 1. The fourth-order valence-electron chi connectivity index (χ4n) is 0. The number of nitrogens with one attached hydrogen (secondary N) is 2. The highest BCUT2D eigenvalue weighted by molar-refractivity contribution is 5.71. The van der Waals surface area contributed by atoms with Crippen LogP contribution < -0.4 is 28.4 Å². The van der Waals surface area contributed by atoms with Crippen LogP contribution in [-0.4, -0.2) is 20.1 Å². The molecule has 1 amide bonds. The van der Waals surface area contributed by atoms with Gasteiger partial charge in [-0.1, -0.05) is 0 Å². The first-order chi connectivity index (χ1) is 5.10. The third kappa shape index (κ3) is 304. The van der Waals surface area contributed by atoms with Gasteiger partial charge in [0.2, 0.25) is 5.91 Å². The Morgan fingerprint density at radius 2 is 1.55 bits per heavy atom. The Balaban J connectivity index is -0.0000000933. The van der Waals surface area contributed by atoms with Crippen LogP contribution in [0.5, 0.6) is 0 Å². The van der Waals surface area contributed by atoms with Gasteiger partial charge in [0.25, 0.3) is 0 Å². The molecule has 0 aliphatic heterocycles. The standard InChI is InChI=1S/C2H6N2O.CH6N2.CH5NO/c1-2(5)4-3;2*1-3-2/h3H2,1H3,(H,4,5);3H,2H2,1H3;2H2,1H3. The SMILES string of the molecule is CC(=O)NN.CNN.CON. The van der Waals surface area contributed by atoms with Gasteiger partial charge in [-0.25, -0.2) is 11.7 Å². The van der Waals surface area contributed by atoms with Crippen molar-refractivity contribution >= 4 is 5.91 Å². The van der Waals surface area contributed by atoms with Crippen molar-refractivity contribution in [2.45, 2.75) is 6.92 Å². The maximum absolute atomic E-state index is 9.58. The van der Waals surface area contributed by atoms with Gasteiger partial charge < -0.3 is 4.84 Å². The first-order valence-electron chi connectivity index (χ1n) is 2.68.